The number of aliphatic hydroxyl groups excluding tert-OH is 1. The number of likely N-dealkylation sites (tertiary alicyclic amines) is 1. The summed E-state index contributed by atoms with van der Waals surface area (Å²) in [5.41, 5.74) is 2.39. The molecule has 1 fully saturated rings. The first kappa shape index (κ1) is 29.9. The Labute approximate surface area is 237 Å². The zero-order valence-electron chi connectivity index (χ0n) is 23.0. The Kier molecular flexibility index (Phi) is 10.1. The lowest BCUT2D eigenvalue weighted by Crippen LogP contribution is -2.36. The number of piperidine rings is 1. The van der Waals surface area contributed by atoms with Gasteiger partial charge in [0.05, 0.1) is 37.2 Å². The van der Waals surface area contributed by atoms with Crippen LogP contribution in [0.3, 0.4) is 0 Å². The van der Waals surface area contributed by atoms with Crippen LogP contribution in [-0.2, 0) is 6.54 Å². The summed E-state index contributed by atoms with van der Waals surface area (Å²) in [6, 6.07) is 13.1. The molecule has 2 aromatic carbocycles. The molecule has 40 heavy (non-hydrogen) atoms. The van der Waals surface area contributed by atoms with Gasteiger partial charge in [-0.2, -0.15) is 13.2 Å². The maximum atomic E-state index is 13.6. The quantitative estimate of drug-likeness (QED) is 0.229. The minimum absolute atomic E-state index is 0.0665. The molecule has 0 atom stereocenters. The van der Waals surface area contributed by atoms with E-state index in [0.29, 0.717) is 23.5 Å². The van der Waals surface area contributed by atoms with Crippen molar-refractivity contribution < 1.29 is 23.0 Å². The minimum atomic E-state index is -4.38. The Bertz CT molecular complexity index is 1340. The van der Waals surface area contributed by atoms with E-state index in [4.69, 9.17) is 9.84 Å². The number of anilines is 2. The third-order valence-corrected chi connectivity index (χ3v) is 7.75. The van der Waals surface area contributed by atoms with Gasteiger partial charge < -0.3 is 29.9 Å². The van der Waals surface area contributed by atoms with Crippen LogP contribution in [0.15, 0.2) is 47.4 Å². The molecule has 11 heteroatoms. The average Bonchev–Trinajstić information content (AvgIpc) is 3.25. The number of benzene rings is 2. The third kappa shape index (κ3) is 8.01. The highest BCUT2D eigenvalue weighted by Crippen LogP contribution is 2.32. The molecule has 3 aromatic rings. The Morgan fingerprint density at radius 1 is 1.15 bits per heavy atom. The lowest BCUT2D eigenvalue weighted by Gasteiger charge is -2.30. The summed E-state index contributed by atoms with van der Waals surface area (Å²) in [6.45, 7) is 1.68. The van der Waals surface area contributed by atoms with Gasteiger partial charge in [-0.1, -0.05) is 12.0 Å². The molecule has 0 aliphatic carbocycles. The highest BCUT2D eigenvalue weighted by Gasteiger charge is 2.30. The number of halogens is 3. The SMILES string of the molecule is COc1cc(SN(C)CCO)ccc1NCC#Cc1cc2c(NC3CCN(C)CC3)cccc2n1CC(F)(F)F. The van der Waals surface area contributed by atoms with Crippen molar-refractivity contribution in [1.29, 1.82) is 0 Å². The second kappa shape index (κ2) is 13.5. The first-order valence-electron chi connectivity index (χ1n) is 13.2. The molecule has 0 bridgehead atoms. The van der Waals surface area contributed by atoms with E-state index in [-0.39, 0.29) is 19.2 Å². The molecule has 0 saturated carbocycles. The highest BCUT2D eigenvalue weighted by atomic mass is 32.2. The predicted octanol–water partition coefficient (Wildman–Crippen LogP) is 5.11. The van der Waals surface area contributed by atoms with Crippen LogP contribution in [0.4, 0.5) is 24.5 Å². The number of rotatable bonds is 10. The lowest BCUT2D eigenvalue weighted by atomic mass is 10.0. The Hall–Kier alpha value is -3.04. The fourth-order valence-electron chi connectivity index (χ4n) is 4.75. The van der Waals surface area contributed by atoms with Crippen molar-refractivity contribution in [1.82, 2.24) is 13.8 Å². The second-order valence-electron chi connectivity index (χ2n) is 9.87. The molecule has 7 nitrogen and oxygen atoms in total. The van der Waals surface area contributed by atoms with Crippen LogP contribution in [0.5, 0.6) is 5.75 Å². The van der Waals surface area contributed by atoms with E-state index in [2.05, 4.69) is 34.4 Å². The number of aliphatic hydroxyl groups is 1. The first-order valence-corrected chi connectivity index (χ1v) is 14.0. The number of aromatic nitrogens is 1. The van der Waals surface area contributed by atoms with E-state index < -0.39 is 12.7 Å². The number of methoxy groups -OCH3 is 1. The van der Waals surface area contributed by atoms with Crippen LogP contribution < -0.4 is 15.4 Å². The molecule has 2 heterocycles. The van der Waals surface area contributed by atoms with Crippen LogP contribution in [0, 0.1) is 11.8 Å². The molecular weight excluding hydrogens is 539 g/mol. The van der Waals surface area contributed by atoms with Crippen molar-refractivity contribution in [2.75, 3.05) is 64.6 Å². The number of fused-ring (bicyclic) bond motifs is 1. The molecular formula is C29H36F3N5O2S. The normalized spacial score (nSPS) is 14.8. The van der Waals surface area contributed by atoms with Gasteiger partial charge in [-0.25, -0.2) is 4.31 Å². The summed E-state index contributed by atoms with van der Waals surface area (Å²) >= 11 is 1.49. The number of nitrogens with one attached hydrogen (secondary N) is 2. The fraction of sp³-hybridized carbons (Fsp3) is 0.448. The minimum Gasteiger partial charge on any atom is -0.495 e. The lowest BCUT2D eigenvalue weighted by molar-refractivity contribution is -0.140. The van der Waals surface area contributed by atoms with Crippen LogP contribution in [0.25, 0.3) is 10.9 Å². The molecule has 0 spiro atoms. The molecule has 1 aliphatic rings. The van der Waals surface area contributed by atoms with Crippen LogP contribution >= 0.6 is 11.9 Å². The highest BCUT2D eigenvalue weighted by molar-refractivity contribution is 7.97. The van der Waals surface area contributed by atoms with Gasteiger partial charge in [0, 0.05) is 28.6 Å². The van der Waals surface area contributed by atoms with Crippen molar-refractivity contribution in [3.8, 4) is 17.6 Å². The van der Waals surface area contributed by atoms with Gasteiger partial charge in [0.1, 0.15) is 12.3 Å². The zero-order chi connectivity index (χ0) is 28.7. The van der Waals surface area contributed by atoms with E-state index in [9.17, 15) is 13.2 Å². The van der Waals surface area contributed by atoms with Gasteiger partial charge >= 0.3 is 6.18 Å². The topological polar surface area (TPSA) is 64.9 Å². The number of ether oxygens (including phenoxy) is 1. The number of likely N-dealkylation sites (N-methyl/N-ethyl adjacent to an activating group) is 1. The van der Waals surface area contributed by atoms with E-state index in [1.54, 1.807) is 25.3 Å². The van der Waals surface area contributed by atoms with E-state index in [0.717, 1.165) is 47.6 Å². The number of nitrogens with zero attached hydrogens (tertiary/aromatic N) is 3. The second-order valence-corrected chi connectivity index (χ2v) is 11.2. The number of hydrogen-bond donors (Lipinski definition) is 3. The van der Waals surface area contributed by atoms with Crippen LogP contribution in [0.2, 0.25) is 0 Å². The van der Waals surface area contributed by atoms with Crippen LogP contribution in [0.1, 0.15) is 18.5 Å². The summed E-state index contributed by atoms with van der Waals surface area (Å²) in [5, 5.41) is 16.6. The molecule has 1 aromatic heterocycles. The van der Waals surface area contributed by atoms with Crippen molar-refractivity contribution in [2.24, 2.45) is 0 Å². The molecule has 1 aliphatic heterocycles. The van der Waals surface area contributed by atoms with Gasteiger partial charge in [-0.3, -0.25) is 0 Å². The molecule has 216 valence electrons. The average molecular weight is 576 g/mol. The third-order valence-electron chi connectivity index (χ3n) is 6.79. The molecule has 1 saturated heterocycles. The van der Waals surface area contributed by atoms with Crippen molar-refractivity contribution in [3.63, 3.8) is 0 Å². The van der Waals surface area contributed by atoms with Gasteiger partial charge in [-0.05, 0) is 94.3 Å². The van der Waals surface area contributed by atoms with Crippen molar-refractivity contribution in [2.45, 2.75) is 36.5 Å². The Morgan fingerprint density at radius 3 is 2.62 bits per heavy atom. The maximum Gasteiger partial charge on any atom is 0.406 e. The maximum absolute atomic E-state index is 13.6. The fourth-order valence-corrected chi connectivity index (χ4v) is 5.57. The van der Waals surface area contributed by atoms with Crippen molar-refractivity contribution in [3.05, 3.63) is 48.2 Å². The summed E-state index contributed by atoms with van der Waals surface area (Å²) < 4.78 is 49.3. The summed E-state index contributed by atoms with van der Waals surface area (Å²) in [6.07, 6.45) is -2.41. The number of hydrogen-bond acceptors (Lipinski definition) is 7. The van der Waals surface area contributed by atoms with Gasteiger partial charge in [0.25, 0.3) is 0 Å². The Morgan fingerprint density at radius 2 is 1.93 bits per heavy atom. The molecule has 0 unspecified atom stereocenters. The van der Waals surface area contributed by atoms with Gasteiger partial charge in [0.2, 0.25) is 0 Å². The predicted molar refractivity (Wildman–Crippen MR) is 156 cm³/mol. The summed E-state index contributed by atoms with van der Waals surface area (Å²) in [4.78, 5) is 3.23. The smallest absolute Gasteiger partial charge is 0.406 e. The molecule has 0 radical (unpaired) electrons. The standard InChI is InChI=1S/C29H36F3N5O2S/c1-35-14-11-21(12-15-35)34-25-7-4-8-27-24(25)18-22(37(27)20-29(30,31)32)6-5-13-33-26-10-9-23(19-28(26)39-3)40-36(2)16-17-38/h4,7-10,18-19,21,33-34,38H,11-17,20H2,1-3H3. The van der Waals surface area contributed by atoms with Crippen molar-refractivity contribution >= 4 is 34.2 Å². The summed E-state index contributed by atoms with van der Waals surface area (Å²) in [7, 11) is 5.56. The monoisotopic (exact) mass is 575 g/mol. The van der Waals surface area contributed by atoms with E-state index >= 15 is 0 Å². The molecule has 0 amide bonds. The zero-order valence-corrected chi connectivity index (χ0v) is 23.8. The van der Waals surface area contributed by atoms with E-state index in [1.165, 1.54) is 16.5 Å². The molecule has 4 rings (SSSR count). The largest absolute Gasteiger partial charge is 0.495 e. The Balaban J connectivity index is 1.53. The first-order chi connectivity index (χ1) is 19.2. The van der Waals surface area contributed by atoms with Gasteiger partial charge in [-0.15, -0.1) is 0 Å². The van der Waals surface area contributed by atoms with E-state index in [1.807, 2.05) is 35.6 Å². The number of alkyl halides is 3. The van der Waals surface area contributed by atoms with Crippen LogP contribution in [-0.4, -0.2) is 85.1 Å². The molecule has 3 N–H and O–H groups in total. The van der Waals surface area contributed by atoms with Gasteiger partial charge in [0.15, 0.2) is 0 Å². The summed E-state index contributed by atoms with van der Waals surface area (Å²) in [5.74, 6) is 6.57.